The van der Waals surface area contributed by atoms with E-state index >= 15 is 0 Å². The van der Waals surface area contributed by atoms with E-state index in [1.807, 2.05) is 51.1 Å². The number of carbonyl (C=O) groups excluding carboxylic acids is 1. The lowest BCUT2D eigenvalue weighted by Gasteiger charge is -2.32. The maximum Gasteiger partial charge on any atom is 0.246 e. The molecule has 152 valence electrons. The lowest BCUT2D eigenvalue weighted by Crippen LogP contribution is -2.41. The number of aromatic nitrogens is 5. The second-order valence-corrected chi connectivity index (χ2v) is 7.81. The average molecular weight is 393 g/mol. The van der Waals surface area contributed by atoms with E-state index in [9.17, 15) is 4.79 Å². The van der Waals surface area contributed by atoms with Gasteiger partial charge in [-0.05, 0) is 57.7 Å². The Hall–Kier alpha value is -3.03. The fourth-order valence-corrected chi connectivity index (χ4v) is 3.73. The molecule has 1 aliphatic rings. The zero-order valence-electron chi connectivity index (χ0n) is 17.2. The molecule has 0 saturated carbocycles. The molecule has 1 aliphatic heterocycles. The van der Waals surface area contributed by atoms with Crippen LogP contribution in [0, 0.1) is 19.8 Å². The largest absolute Gasteiger partial charge is 0.354 e. The van der Waals surface area contributed by atoms with Gasteiger partial charge in [-0.2, -0.15) is 15.0 Å². The van der Waals surface area contributed by atoms with Crippen LogP contribution in [0.3, 0.4) is 0 Å². The lowest BCUT2D eigenvalue weighted by atomic mass is 9.97. The van der Waals surface area contributed by atoms with Gasteiger partial charge >= 0.3 is 0 Å². The second kappa shape index (κ2) is 8.14. The molecule has 3 aromatic rings. The molecule has 8 heteroatoms. The van der Waals surface area contributed by atoms with E-state index in [0.29, 0.717) is 12.5 Å². The van der Waals surface area contributed by atoms with Crippen LogP contribution in [0.15, 0.2) is 30.3 Å². The molecule has 1 atom stereocenters. The second-order valence-electron chi connectivity index (χ2n) is 7.81. The van der Waals surface area contributed by atoms with Crippen molar-refractivity contribution in [2.75, 3.05) is 24.5 Å². The molecule has 0 aliphatic carbocycles. The number of hydrogen-bond donors (Lipinski definition) is 1. The summed E-state index contributed by atoms with van der Waals surface area (Å²) >= 11 is 0. The van der Waals surface area contributed by atoms with Gasteiger partial charge in [0.25, 0.3) is 0 Å². The van der Waals surface area contributed by atoms with Gasteiger partial charge in [0.15, 0.2) is 0 Å². The predicted molar refractivity (Wildman–Crippen MR) is 112 cm³/mol. The first-order chi connectivity index (χ1) is 14.0. The number of anilines is 1. The summed E-state index contributed by atoms with van der Waals surface area (Å²) in [6, 6.07) is 9.19. The quantitative estimate of drug-likeness (QED) is 0.716. The van der Waals surface area contributed by atoms with Crippen LogP contribution < -0.4 is 10.2 Å². The zero-order chi connectivity index (χ0) is 20.4. The molecule has 1 fully saturated rings. The summed E-state index contributed by atoms with van der Waals surface area (Å²) in [5.41, 5.74) is 3.59. The molecular weight excluding hydrogens is 366 g/mol. The van der Waals surface area contributed by atoms with Gasteiger partial charge in [-0.3, -0.25) is 4.79 Å². The highest BCUT2D eigenvalue weighted by atomic mass is 16.2. The summed E-state index contributed by atoms with van der Waals surface area (Å²) in [5, 5.41) is 11.9. The van der Waals surface area contributed by atoms with E-state index in [0.717, 1.165) is 54.3 Å². The Morgan fingerprint density at radius 3 is 2.28 bits per heavy atom. The van der Waals surface area contributed by atoms with Crippen LogP contribution in [0.2, 0.25) is 0 Å². The minimum Gasteiger partial charge on any atom is -0.354 e. The predicted octanol–water partition coefficient (Wildman–Crippen LogP) is 2.43. The summed E-state index contributed by atoms with van der Waals surface area (Å²) in [5.74, 6) is 1.22. The van der Waals surface area contributed by atoms with E-state index in [4.69, 9.17) is 0 Å². The standard InChI is InChI=1S/C21H27N7O/c1-14-12-15(2)24-21(23-14)27-10-8-17(9-11-27)13-22-20(29)16(3)28-25-18-6-4-5-7-19(18)26-28/h4-7,12,16-17H,8-11,13H2,1-3H3,(H,22,29)/t16-/m1/s1. The highest BCUT2D eigenvalue weighted by Gasteiger charge is 2.23. The molecule has 1 aromatic carbocycles. The van der Waals surface area contributed by atoms with Gasteiger partial charge < -0.3 is 10.2 Å². The van der Waals surface area contributed by atoms with Gasteiger partial charge in [0.2, 0.25) is 11.9 Å². The van der Waals surface area contributed by atoms with E-state index in [1.165, 1.54) is 4.80 Å². The van der Waals surface area contributed by atoms with Gasteiger partial charge in [-0.25, -0.2) is 9.97 Å². The van der Waals surface area contributed by atoms with Gasteiger partial charge in [0.05, 0.1) is 0 Å². The summed E-state index contributed by atoms with van der Waals surface area (Å²) in [6.45, 7) is 8.31. The SMILES string of the molecule is Cc1cc(C)nc(N2CCC(CNC(=O)[C@@H](C)n3nc4ccccc4n3)CC2)n1. The van der Waals surface area contributed by atoms with Gasteiger partial charge in [-0.1, -0.05) is 12.1 Å². The monoisotopic (exact) mass is 393 g/mol. The number of nitrogens with one attached hydrogen (secondary N) is 1. The fraction of sp³-hybridized carbons (Fsp3) is 0.476. The van der Waals surface area contributed by atoms with E-state index in [-0.39, 0.29) is 5.91 Å². The van der Waals surface area contributed by atoms with E-state index in [1.54, 1.807) is 0 Å². The Labute approximate surface area is 170 Å². The number of carbonyl (C=O) groups is 1. The molecule has 0 radical (unpaired) electrons. The Morgan fingerprint density at radius 2 is 1.69 bits per heavy atom. The Balaban J connectivity index is 1.29. The van der Waals surface area contributed by atoms with Crippen molar-refractivity contribution in [3.8, 4) is 0 Å². The number of nitrogens with zero attached hydrogens (tertiary/aromatic N) is 6. The molecular formula is C21H27N7O. The summed E-state index contributed by atoms with van der Waals surface area (Å²) < 4.78 is 0. The Kier molecular flexibility index (Phi) is 5.42. The minimum atomic E-state index is -0.439. The third-order valence-electron chi connectivity index (χ3n) is 5.46. The first-order valence-electron chi connectivity index (χ1n) is 10.2. The zero-order valence-corrected chi connectivity index (χ0v) is 17.2. The molecule has 3 heterocycles. The molecule has 0 unspecified atom stereocenters. The van der Waals surface area contributed by atoms with Crippen LogP contribution in [-0.4, -0.2) is 50.5 Å². The molecule has 1 saturated heterocycles. The molecule has 8 nitrogen and oxygen atoms in total. The molecule has 1 N–H and O–H groups in total. The molecule has 4 rings (SSSR count). The van der Waals surface area contributed by atoms with Crippen LogP contribution in [-0.2, 0) is 4.79 Å². The number of benzene rings is 1. The average Bonchev–Trinajstić information content (AvgIpc) is 3.15. The number of fused-ring (bicyclic) bond motifs is 1. The van der Waals surface area contributed by atoms with Crippen molar-refractivity contribution in [3.63, 3.8) is 0 Å². The number of hydrogen-bond acceptors (Lipinski definition) is 6. The molecule has 29 heavy (non-hydrogen) atoms. The van der Waals surface area contributed by atoms with Gasteiger partial charge in [0.1, 0.15) is 17.1 Å². The third-order valence-corrected chi connectivity index (χ3v) is 5.46. The highest BCUT2D eigenvalue weighted by molar-refractivity contribution is 5.80. The number of piperidine rings is 1. The molecule has 0 bridgehead atoms. The van der Waals surface area contributed by atoms with Crippen molar-refractivity contribution < 1.29 is 4.79 Å². The van der Waals surface area contributed by atoms with Crippen molar-refractivity contribution >= 4 is 22.9 Å². The first-order valence-corrected chi connectivity index (χ1v) is 10.2. The summed E-state index contributed by atoms with van der Waals surface area (Å²) in [6.07, 6.45) is 2.02. The van der Waals surface area contributed by atoms with Crippen LogP contribution in [0.1, 0.15) is 37.2 Å². The van der Waals surface area contributed by atoms with Crippen LogP contribution in [0.4, 0.5) is 5.95 Å². The van der Waals surface area contributed by atoms with Gasteiger partial charge in [-0.15, -0.1) is 0 Å². The van der Waals surface area contributed by atoms with Crippen molar-refractivity contribution in [3.05, 3.63) is 41.7 Å². The smallest absolute Gasteiger partial charge is 0.246 e. The van der Waals surface area contributed by atoms with E-state index in [2.05, 4.69) is 30.4 Å². The van der Waals surface area contributed by atoms with Gasteiger partial charge in [0, 0.05) is 31.0 Å². The normalized spacial score (nSPS) is 16.2. The number of aryl methyl sites for hydroxylation is 2. The first kappa shape index (κ1) is 19.3. The maximum atomic E-state index is 12.6. The molecule has 1 amide bonds. The third kappa shape index (κ3) is 4.36. The topological polar surface area (TPSA) is 88.8 Å². The van der Waals surface area contributed by atoms with Crippen molar-refractivity contribution in [2.24, 2.45) is 5.92 Å². The van der Waals surface area contributed by atoms with Crippen molar-refractivity contribution in [1.82, 2.24) is 30.3 Å². The lowest BCUT2D eigenvalue weighted by molar-refractivity contribution is -0.124. The summed E-state index contributed by atoms with van der Waals surface area (Å²) in [4.78, 5) is 25.4. The van der Waals surface area contributed by atoms with Crippen molar-refractivity contribution in [1.29, 1.82) is 0 Å². The van der Waals surface area contributed by atoms with Crippen LogP contribution >= 0.6 is 0 Å². The Morgan fingerprint density at radius 1 is 1.10 bits per heavy atom. The summed E-state index contributed by atoms with van der Waals surface area (Å²) in [7, 11) is 0. The minimum absolute atomic E-state index is 0.0506. The van der Waals surface area contributed by atoms with Crippen LogP contribution in [0.25, 0.3) is 11.0 Å². The maximum absolute atomic E-state index is 12.6. The molecule has 0 spiro atoms. The number of rotatable bonds is 5. The fourth-order valence-electron chi connectivity index (χ4n) is 3.73. The Bertz CT molecular complexity index is 954. The molecule has 2 aromatic heterocycles. The van der Waals surface area contributed by atoms with Crippen LogP contribution in [0.5, 0.6) is 0 Å². The highest BCUT2D eigenvalue weighted by Crippen LogP contribution is 2.21. The van der Waals surface area contributed by atoms with Crippen molar-refractivity contribution in [2.45, 2.75) is 39.7 Å². The van der Waals surface area contributed by atoms with E-state index < -0.39 is 6.04 Å². The number of amides is 1.